The van der Waals surface area contributed by atoms with E-state index in [1.165, 1.54) is 0 Å². The number of halogens is 2. The van der Waals surface area contributed by atoms with Gasteiger partial charge in [-0.05, 0) is 12.1 Å². The highest BCUT2D eigenvalue weighted by Crippen LogP contribution is 2.23. The molecule has 0 spiro atoms. The van der Waals surface area contributed by atoms with Crippen LogP contribution >= 0.6 is 23.2 Å². The zero-order valence-electron chi connectivity index (χ0n) is 8.68. The SMILES string of the molecule is CC(C)C(=O)NCc1c(Cl)cccc1Cl. The monoisotopic (exact) mass is 245 g/mol. The van der Waals surface area contributed by atoms with Gasteiger partial charge in [-0.2, -0.15) is 0 Å². The van der Waals surface area contributed by atoms with Crippen molar-refractivity contribution in [1.29, 1.82) is 0 Å². The van der Waals surface area contributed by atoms with Gasteiger partial charge < -0.3 is 5.32 Å². The van der Waals surface area contributed by atoms with Crippen LogP contribution in [-0.4, -0.2) is 5.91 Å². The zero-order chi connectivity index (χ0) is 11.4. The minimum atomic E-state index is -0.0359. The molecule has 1 amide bonds. The molecule has 0 atom stereocenters. The van der Waals surface area contributed by atoms with Crippen molar-refractivity contribution in [3.05, 3.63) is 33.8 Å². The molecule has 2 nitrogen and oxygen atoms in total. The second-order valence-electron chi connectivity index (χ2n) is 3.57. The number of nitrogens with one attached hydrogen (secondary N) is 1. The van der Waals surface area contributed by atoms with E-state index in [9.17, 15) is 4.79 Å². The van der Waals surface area contributed by atoms with Crippen LogP contribution in [0.4, 0.5) is 0 Å². The van der Waals surface area contributed by atoms with Crippen molar-refractivity contribution in [3.8, 4) is 0 Å². The van der Waals surface area contributed by atoms with Gasteiger partial charge in [-0.1, -0.05) is 43.1 Å². The topological polar surface area (TPSA) is 29.1 Å². The van der Waals surface area contributed by atoms with Crippen molar-refractivity contribution in [3.63, 3.8) is 0 Å². The molecular formula is C11H13Cl2NO. The fourth-order valence-electron chi connectivity index (χ4n) is 1.08. The largest absolute Gasteiger partial charge is 0.352 e. The molecule has 0 aliphatic rings. The second-order valence-corrected chi connectivity index (χ2v) is 4.39. The van der Waals surface area contributed by atoms with Crippen LogP contribution in [0.25, 0.3) is 0 Å². The molecule has 1 aromatic rings. The molecule has 4 heteroatoms. The van der Waals surface area contributed by atoms with Crippen LogP contribution in [0.15, 0.2) is 18.2 Å². The van der Waals surface area contributed by atoms with Gasteiger partial charge in [0.1, 0.15) is 0 Å². The number of carbonyl (C=O) groups is 1. The highest BCUT2D eigenvalue weighted by atomic mass is 35.5. The molecule has 82 valence electrons. The van der Waals surface area contributed by atoms with E-state index in [2.05, 4.69) is 5.32 Å². The van der Waals surface area contributed by atoms with Crippen molar-refractivity contribution in [2.75, 3.05) is 0 Å². The Kier molecular flexibility index (Phi) is 4.43. The number of hydrogen-bond acceptors (Lipinski definition) is 1. The predicted molar refractivity (Wildman–Crippen MR) is 63.1 cm³/mol. The molecule has 0 aromatic heterocycles. The fraction of sp³-hybridized carbons (Fsp3) is 0.364. The summed E-state index contributed by atoms with van der Waals surface area (Å²) in [5, 5.41) is 3.92. The third-order valence-corrected chi connectivity index (χ3v) is 2.73. The maximum Gasteiger partial charge on any atom is 0.222 e. The molecule has 15 heavy (non-hydrogen) atoms. The number of carbonyl (C=O) groups excluding carboxylic acids is 1. The minimum Gasteiger partial charge on any atom is -0.352 e. The summed E-state index contributed by atoms with van der Waals surface area (Å²) in [5.74, 6) is -0.0442. The van der Waals surface area contributed by atoms with E-state index in [-0.39, 0.29) is 11.8 Å². The molecule has 1 rings (SSSR count). The van der Waals surface area contributed by atoms with Crippen molar-refractivity contribution in [1.82, 2.24) is 5.32 Å². The quantitative estimate of drug-likeness (QED) is 0.871. The molecule has 0 aliphatic heterocycles. The number of hydrogen-bond donors (Lipinski definition) is 1. The van der Waals surface area contributed by atoms with Crippen LogP contribution in [0.5, 0.6) is 0 Å². The average molecular weight is 246 g/mol. The zero-order valence-corrected chi connectivity index (χ0v) is 10.2. The summed E-state index contributed by atoms with van der Waals surface area (Å²) < 4.78 is 0. The maximum absolute atomic E-state index is 11.3. The van der Waals surface area contributed by atoms with Crippen LogP contribution in [-0.2, 0) is 11.3 Å². The van der Waals surface area contributed by atoms with E-state index >= 15 is 0 Å². The van der Waals surface area contributed by atoms with Crippen molar-refractivity contribution >= 4 is 29.1 Å². The smallest absolute Gasteiger partial charge is 0.222 e. The predicted octanol–water partition coefficient (Wildman–Crippen LogP) is 3.27. The Morgan fingerprint density at radius 2 is 1.87 bits per heavy atom. The molecule has 0 bridgehead atoms. The maximum atomic E-state index is 11.3. The summed E-state index contributed by atoms with van der Waals surface area (Å²) in [7, 11) is 0. The van der Waals surface area contributed by atoms with E-state index in [0.29, 0.717) is 16.6 Å². The Morgan fingerprint density at radius 3 is 2.33 bits per heavy atom. The number of benzene rings is 1. The van der Waals surface area contributed by atoms with Gasteiger partial charge in [-0.25, -0.2) is 0 Å². The molecule has 0 unspecified atom stereocenters. The van der Waals surface area contributed by atoms with Crippen molar-refractivity contribution < 1.29 is 4.79 Å². The first-order valence-corrected chi connectivity index (χ1v) is 5.48. The molecule has 0 saturated heterocycles. The lowest BCUT2D eigenvalue weighted by atomic mass is 10.2. The third-order valence-electron chi connectivity index (χ3n) is 2.03. The molecule has 1 N–H and O–H groups in total. The van der Waals surface area contributed by atoms with Gasteiger partial charge in [0.05, 0.1) is 0 Å². The van der Waals surface area contributed by atoms with Crippen molar-refractivity contribution in [2.45, 2.75) is 20.4 Å². The number of rotatable bonds is 3. The first kappa shape index (κ1) is 12.3. The first-order chi connectivity index (χ1) is 7.02. The normalized spacial score (nSPS) is 10.5. The lowest BCUT2D eigenvalue weighted by Gasteiger charge is -2.10. The van der Waals surface area contributed by atoms with E-state index in [4.69, 9.17) is 23.2 Å². The lowest BCUT2D eigenvalue weighted by Crippen LogP contribution is -2.27. The summed E-state index contributed by atoms with van der Waals surface area (Å²) in [6, 6.07) is 5.28. The molecule has 0 heterocycles. The Bertz CT molecular complexity index is 343. The standard InChI is InChI=1S/C11H13Cl2NO/c1-7(2)11(15)14-6-8-9(12)4-3-5-10(8)13/h3-5,7H,6H2,1-2H3,(H,14,15). The summed E-state index contributed by atoms with van der Waals surface area (Å²) in [5.41, 5.74) is 0.759. The highest BCUT2D eigenvalue weighted by Gasteiger charge is 2.09. The molecule has 0 fully saturated rings. The van der Waals surface area contributed by atoms with Gasteiger partial charge in [0.2, 0.25) is 5.91 Å². The minimum absolute atomic E-state index is 0.00835. The van der Waals surface area contributed by atoms with Crippen LogP contribution in [0.2, 0.25) is 10.0 Å². The van der Waals surface area contributed by atoms with E-state index in [0.717, 1.165) is 5.56 Å². The molecular weight excluding hydrogens is 233 g/mol. The lowest BCUT2D eigenvalue weighted by molar-refractivity contribution is -0.124. The van der Waals surface area contributed by atoms with Crippen LogP contribution in [0.1, 0.15) is 19.4 Å². The first-order valence-electron chi connectivity index (χ1n) is 4.73. The van der Waals surface area contributed by atoms with Gasteiger partial charge in [0.25, 0.3) is 0 Å². The van der Waals surface area contributed by atoms with E-state index in [1.54, 1.807) is 18.2 Å². The van der Waals surface area contributed by atoms with Gasteiger partial charge in [-0.15, -0.1) is 0 Å². The van der Waals surface area contributed by atoms with Gasteiger partial charge in [0, 0.05) is 28.1 Å². The molecule has 0 saturated carbocycles. The molecule has 0 aliphatic carbocycles. The second kappa shape index (κ2) is 5.38. The van der Waals surface area contributed by atoms with Crippen LogP contribution in [0.3, 0.4) is 0 Å². The summed E-state index contributed by atoms with van der Waals surface area (Å²) in [6.45, 7) is 4.04. The third kappa shape index (κ3) is 3.40. The van der Waals surface area contributed by atoms with Gasteiger partial charge >= 0.3 is 0 Å². The van der Waals surface area contributed by atoms with Crippen LogP contribution in [0, 0.1) is 5.92 Å². The Balaban J connectivity index is 2.69. The number of amides is 1. The molecule has 1 aromatic carbocycles. The Morgan fingerprint density at radius 1 is 1.33 bits per heavy atom. The fourth-order valence-corrected chi connectivity index (χ4v) is 1.61. The van der Waals surface area contributed by atoms with Crippen molar-refractivity contribution in [2.24, 2.45) is 5.92 Å². The average Bonchev–Trinajstić information content (AvgIpc) is 2.16. The van der Waals surface area contributed by atoms with E-state index in [1.807, 2.05) is 13.8 Å². The Hall–Kier alpha value is -0.730. The Labute approximate surface area is 99.6 Å². The highest BCUT2D eigenvalue weighted by molar-refractivity contribution is 6.36. The summed E-state index contributed by atoms with van der Waals surface area (Å²) >= 11 is 11.9. The molecule has 0 radical (unpaired) electrons. The van der Waals surface area contributed by atoms with Crippen LogP contribution < -0.4 is 5.32 Å². The van der Waals surface area contributed by atoms with Gasteiger partial charge in [0.15, 0.2) is 0 Å². The summed E-state index contributed by atoms with van der Waals surface area (Å²) in [6.07, 6.45) is 0. The van der Waals surface area contributed by atoms with Gasteiger partial charge in [-0.3, -0.25) is 4.79 Å². The van der Waals surface area contributed by atoms with E-state index < -0.39 is 0 Å². The summed E-state index contributed by atoms with van der Waals surface area (Å²) in [4.78, 5) is 11.3.